The Hall–Kier alpha value is -2.22. The molecule has 1 heterocycles. The summed E-state index contributed by atoms with van der Waals surface area (Å²) in [6, 6.07) is 19.2. The summed E-state index contributed by atoms with van der Waals surface area (Å²) < 4.78 is 26.9. The smallest absolute Gasteiger partial charge is 0.237 e. The van der Waals surface area contributed by atoms with Crippen LogP contribution in [0.25, 0.3) is 0 Å². The molecule has 0 N–H and O–H groups in total. The van der Waals surface area contributed by atoms with Gasteiger partial charge in [-0.05, 0) is 18.1 Å². The van der Waals surface area contributed by atoms with E-state index in [-0.39, 0.29) is 11.7 Å². The van der Waals surface area contributed by atoms with Crippen molar-refractivity contribution >= 4 is 15.9 Å². The first-order valence-electron chi connectivity index (χ1n) is 10.0. The van der Waals surface area contributed by atoms with Gasteiger partial charge in [-0.1, -0.05) is 60.7 Å². The summed E-state index contributed by atoms with van der Waals surface area (Å²) in [4.78, 5) is 16.6. The number of rotatable bonds is 8. The number of amides is 1. The van der Waals surface area contributed by atoms with Crippen LogP contribution in [0.5, 0.6) is 0 Å². The van der Waals surface area contributed by atoms with Crippen LogP contribution in [0.3, 0.4) is 0 Å². The highest BCUT2D eigenvalue weighted by molar-refractivity contribution is 7.88. The van der Waals surface area contributed by atoms with Crippen molar-refractivity contribution in [3.05, 3.63) is 71.8 Å². The number of benzene rings is 2. The summed E-state index contributed by atoms with van der Waals surface area (Å²) >= 11 is 0. The van der Waals surface area contributed by atoms with Crippen LogP contribution in [0.1, 0.15) is 18.1 Å². The lowest BCUT2D eigenvalue weighted by Gasteiger charge is -2.34. The highest BCUT2D eigenvalue weighted by Gasteiger charge is 2.28. The summed E-state index contributed by atoms with van der Waals surface area (Å²) in [6.45, 7) is 5.55. The quantitative estimate of drug-likeness (QED) is 0.663. The molecule has 1 aliphatic heterocycles. The summed E-state index contributed by atoms with van der Waals surface area (Å²) in [7, 11) is -3.34. The maximum atomic E-state index is 12.7. The molecule has 156 valence electrons. The highest BCUT2D eigenvalue weighted by Crippen LogP contribution is 2.14. The fourth-order valence-corrected chi connectivity index (χ4v) is 5.03. The number of likely N-dealkylation sites (N-methyl/N-ethyl adjacent to an activating group) is 1. The molecule has 3 rings (SSSR count). The van der Waals surface area contributed by atoms with E-state index in [9.17, 15) is 13.2 Å². The van der Waals surface area contributed by atoms with Gasteiger partial charge in [0.05, 0.1) is 12.3 Å². The van der Waals surface area contributed by atoms with Gasteiger partial charge in [0.15, 0.2) is 0 Å². The van der Waals surface area contributed by atoms with Crippen LogP contribution in [0.4, 0.5) is 0 Å². The third-order valence-electron chi connectivity index (χ3n) is 5.23. The fraction of sp³-hybridized carbons (Fsp3) is 0.409. The molecule has 0 aromatic heterocycles. The van der Waals surface area contributed by atoms with Crippen LogP contribution in [-0.4, -0.2) is 67.7 Å². The summed E-state index contributed by atoms with van der Waals surface area (Å²) in [6.07, 6.45) is 0. The summed E-state index contributed by atoms with van der Waals surface area (Å²) in [5, 5.41) is 0. The second-order valence-electron chi connectivity index (χ2n) is 7.31. The van der Waals surface area contributed by atoms with Gasteiger partial charge in [0, 0.05) is 39.3 Å². The van der Waals surface area contributed by atoms with Gasteiger partial charge in [0.2, 0.25) is 15.9 Å². The molecule has 0 atom stereocenters. The van der Waals surface area contributed by atoms with Crippen LogP contribution < -0.4 is 0 Å². The molecule has 2 aromatic carbocycles. The highest BCUT2D eigenvalue weighted by atomic mass is 32.2. The van der Waals surface area contributed by atoms with Crippen LogP contribution >= 0.6 is 0 Å². The number of carbonyl (C=O) groups excluding carboxylic acids is 1. The average Bonchev–Trinajstić information content (AvgIpc) is 2.73. The monoisotopic (exact) mass is 415 g/mol. The summed E-state index contributed by atoms with van der Waals surface area (Å²) in [5.74, 6) is 0.102. The Morgan fingerprint density at radius 1 is 0.897 bits per heavy atom. The number of nitrogens with zero attached hydrogens (tertiary/aromatic N) is 3. The molecule has 1 aliphatic rings. The van der Waals surface area contributed by atoms with Crippen molar-refractivity contribution in [2.24, 2.45) is 0 Å². The standard InChI is InChI=1S/C22H29N3O3S/c1-2-24(17-20-9-5-3-6-10-20)22(26)18-23-13-15-25(16-14-23)29(27,28)19-21-11-7-4-8-12-21/h3-12H,2,13-19H2,1H3. The summed E-state index contributed by atoms with van der Waals surface area (Å²) in [5.41, 5.74) is 1.91. The van der Waals surface area contributed by atoms with Crippen molar-refractivity contribution in [1.29, 1.82) is 0 Å². The van der Waals surface area contributed by atoms with Crippen molar-refractivity contribution in [3.8, 4) is 0 Å². The van der Waals surface area contributed by atoms with Gasteiger partial charge >= 0.3 is 0 Å². The predicted molar refractivity (Wildman–Crippen MR) is 115 cm³/mol. The molecule has 0 unspecified atom stereocenters. The Bertz CT molecular complexity index is 880. The van der Waals surface area contributed by atoms with Crippen molar-refractivity contribution in [1.82, 2.24) is 14.1 Å². The van der Waals surface area contributed by atoms with Crippen molar-refractivity contribution in [2.75, 3.05) is 39.3 Å². The Morgan fingerprint density at radius 3 is 2.00 bits per heavy atom. The van der Waals surface area contributed by atoms with Crippen LogP contribution in [0.15, 0.2) is 60.7 Å². The first-order chi connectivity index (χ1) is 14.0. The third kappa shape index (κ3) is 6.13. The molecule has 1 amide bonds. The van der Waals surface area contributed by atoms with Crippen LogP contribution in [-0.2, 0) is 27.1 Å². The minimum absolute atomic E-state index is 0.0213. The zero-order valence-electron chi connectivity index (χ0n) is 16.9. The van der Waals surface area contributed by atoms with Gasteiger partial charge in [0.25, 0.3) is 0 Å². The molecule has 6 nitrogen and oxygen atoms in total. The number of piperazine rings is 1. The number of hydrogen-bond donors (Lipinski definition) is 0. The van der Waals surface area contributed by atoms with E-state index in [1.54, 1.807) is 4.31 Å². The molecule has 0 aliphatic carbocycles. The second kappa shape index (κ2) is 10.0. The Kier molecular flexibility index (Phi) is 7.41. The zero-order valence-corrected chi connectivity index (χ0v) is 17.7. The first kappa shape index (κ1) is 21.5. The van der Waals surface area contributed by atoms with Gasteiger partial charge in [-0.3, -0.25) is 9.69 Å². The lowest BCUT2D eigenvalue weighted by atomic mass is 10.2. The topological polar surface area (TPSA) is 60.9 Å². The van der Waals surface area contributed by atoms with Crippen LogP contribution in [0.2, 0.25) is 0 Å². The fourth-order valence-electron chi connectivity index (χ4n) is 3.51. The molecule has 2 aromatic rings. The van der Waals surface area contributed by atoms with Crippen LogP contribution in [0, 0.1) is 0 Å². The maximum Gasteiger partial charge on any atom is 0.237 e. The third-order valence-corrected chi connectivity index (χ3v) is 7.08. The molecular formula is C22H29N3O3S. The normalized spacial score (nSPS) is 15.9. The molecule has 0 spiro atoms. The Balaban J connectivity index is 1.50. The van der Waals surface area contributed by atoms with Gasteiger partial charge in [0.1, 0.15) is 0 Å². The van der Waals surface area contributed by atoms with Gasteiger partial charge in [-0.15, -0.1) is 0 Å². The van der Waals surface area contributed by atoms with Crippen molar-refractivity contribution < 1.29 is 13.2 Å². The van der Waals surface area contributed by atoms with E-state index in [1.807, 2.05) is 77.4 Å². The molecule has 0 bridgehead atoms. The molecule has 0 radical (unpaired) electrons. The number of carbonyl (C=O) groups is 1. The van der Waals surface area contributed by atoms with Gasteiger partial charge < -0.3 is 4.90 Å². The van der Waals surface area contributed by atoms with E-state index in [2.05, 4.69) is 0 Å². The van der Waals surface area contributed by atoms with Crippen molar-refractivity contribution in [2.45, 2.75) is 19.2 Å². The van der Waals surface area contributed by atoms with Gasteiger partial charge in [-0.2, -0.15) is 4.31 Å². The Morgan fingerprint density at radius 2 is 1.45 bits per heavy atom. The minimum Gasteiger partial charge on any atom is -0.338 e. The SMILES string of the molecule is CCN(Cc1ccccc1)C(=O)CN1CCN(S(=O)(=O)Cc2ccccc2)CC1. The largest absolute Gasteiger partial charge is 0.338 e. The average molecular weight is 416 g/mol. The molecule has 0 saturated carbocycles. The zero-order chi connectivity index (χ0) is 20.7. The van der Waals surface area contributed by atoms with E-state index in [1.165, 1.54) is 0 Å². The molecule has 29 heavy (non-hydrogen) atoms. The second-order valence-corrected chi connectivity index (χ2v) is 9.28. The lowest BCUT2D eigenvalue weighted by Crippen LogP contribution is -2.51. The number of sulfonamides is 1. The minimum atomic E-state index is -3.34. The number of hydrogen-bond acceptors (Lipinski definition) is 4. The van der Waals surface area contributed by atoms with E-state index in [0.717, 1.165) is 11.1 Å². The van der Waals surface area contributed by atoms with E-state index in [4.69, 9.17) is 0 Å². The maximum absolute atomic E-state index is 12.7. The molecule has 1 saturated heterocycles. The first-order valence-corrected chi connectivity index (χ1v) is 11.6. The predicted octanol–water partition coefficient (Wildman–Crippen LogP) is 2.18. The van der Waals surface area contributed by atoms with E-state index >= 15 is 0 Å². The van der Waals surface area contributed by atoms with Gasteiger partial charge in [-0.25, -0.2) is 8.42 Å². The van der Waals surface area contributed by atoms with E-state index < -0.39 is 10.0 Å². The Labute approximate surface area is 173 Å². The molecule has 7 heteroatoms. The molecule has 1 fully saturated rings. The lowest BCUT2D eigenvalue weighted by molar-refractivity contribution is -0.133. The van der Waals surface area contributed by atoms with Crippen molar-refractivity contribution in [3.63, 3.8) is 0 Å². The van der Waals surface area contributed by atoms with E-state index in [0.29, 0.717) is 45.8 Å². The molecular weight excluding hydrogens is 386 g/mol.